The molecule has 0 bridgehead atoms. The van der Waals surface area contributed by atoms with Crippen molar-refractivity contribution in [3.63, 3.8) is 0 Å². The maximum Gasteiger partial charge on any atom is 0.137 e. The van der Waals surface area contributed by atoms with Crippen LogP contribution < -0.4 is 5.32 Å². The largest absolute Gasteiger partial charge is 0.363 e. The van der Waals surface area contributed by atoms with Crippen LogP contribution in [0.25, 0.3) is 21.7 Å². The molecular weight excluding hydrogens is 282 g/mol. The van der Waals surface area contributed by atoms with Gasteiger partial charge >= 0.3 is 0 Å². The first-order valence-corrected chi connectivity index (χ1v) is 7.76. The summed E-state index contributed by atoms with van der Waals surface area (Å²) >= 11 is 0. The second kappa shape index (κ2) is 5.69. The van der Waals surface area contributed by atoms with Crippen molar-refractivity contribution in [1.29, 1.82) is 0 Å². The average molecular weight is 299 g/mol. The molecule has 112 valence electrons. The van der Waals surface area contributed by atoms with E-state index < -0.39 is 0 Å². The molecule has 0 aliphatic heterocycles. The molecule has 3 heteroatoms. The van der Waals surface area contributed by atoms with Gasteiger partial charge in [-0.1, -0.05) is 54.6 Å². The summed E-state index contributed by atoms with van der Waals surface area (Å²) in [7, 11) is 0. The van der Waals surface area contributed by atoms with Crippen molar-refractivity contribution >= 4 is 27.5 Å². The van der Waals surface area contributed by atoms with Gasteiger partial charge in [0.05, 0.1) is 5.52 Å². The van der Waals surface area contributed by atoms with E-state index in [-0.39, 0.29) is 6.04 Å². The minimum atomic E-state index is 0.181. The van der Waals surface area contributed by atoms with Gasteiger partial charge in [-0.3, -0.25) is 0 Å². The summed E-state index contributed by atoms with van der Waals surface area (Å²) in [5.41, 5.74) is 2.20. The number of rotatable bonds is 3. The molecule has 4 aromatic rings. The van der Waals surface area contributed by atoms with Crippen LogP contribution in [-0.2, 0) is 0 Å². The SMILES string of the molecule is CC(Nc1ncnc2cc3ccccc3cc12)c1ccccc1. The van der Waals surface area contributed by atoms with Crippen LogP contribution in [0.5, 0.6) is 0 Å². The Hall–Kier alpha value is -2.94. The number of benzene rings is 3. The van der Waals surface area contributed by atoms with Gasteiger partial charge in [-0.25, -0.2) is 9.97 Å². The molecule has 1 N–H and O–H groups in total. The third-order valence-corrected chi connectivity index (χ3v) is 4.16. The fourth-order valence-electron chi connectivity index (χ4n) is 2.89. The van der Waals surface area contributed by atoms with Gasteiger partial charge in [0.15, 0.2) is 0 Å². The third-order valence-electron chi connectivity index (χ3n) is 4.16. The zero-order valence-corrected chi connectivity index (χ0v) is 12.9. The Morgan fingerprint density at radius 1 is 0.826 bits per heavy atom. The molecule has 0 fully saturated rings. The minimum absolute atomic E-state index is 0.181. The molecule has 0 aliphatic carbocycles. The van der Waals surface area contributed by atoms with Crippen LogP contribution >= 0.6 is 0 Å². The van der Waals surface area contributed by atoms with E-state index >= 15 is 0 Å². The van der Waals surface area contributed by atoms with Crippen LogP contribution in [0.1, 0.15) is 18.5 Å². The molecule has 1 aromatic heterocycles. The zero-order chi connectivity index (χ0) is 15.6. The lowest BCUT2D eigenvalue weighted by molar-refractivity contribution is 0.876. The van der Waals surface area contributed by atoms with E-state index in [1.807, 2.05) is 12.1 Å². The van der Waals surface area contributed by atoms with E-state index in [2.05, 4.69) is 76.8 Å². The van der Waals surface area contributed by atoms with Gasteiger partial charge in [0.1, 0.15) is 12.1 Å². The normalized spacial score (nSPS) is 12.4. The number of nitrogens with zero attached hydrogens (tertiary/aromatic N) is 2. The van der Waals surface area contributed by atoms with Crippen LogP contribution in [-0.4, -0.2) is 9.97 Å². The molecule has 0 saturated carbocycles. The maximum absolute atomic E-state index is 4.46. The smallest absolute Gasteiger partial charge is 0.137 e. The Labute approximate surface area is 135 Å². The monoisotopic (exact) mass is 299 g/mol. The van der Waals surface area contributed by atoms with Gasteiger partial charge < -0.3 is 5.32 Å². The summed E-state index contributed by atoms with van der Waals surface area (Å²) in [5.74, 6) is 0.872. The maximum atomic E-state index is 4.46. The van der Waals surface area contributed by atoms with Gasteiger partial charge in [-0.05, 0) is 35.4 Å². The molecule has 0 radical (unpaired) electrons. The average Bonchev–Trinajstić information content (AvgIpc) is 2.61. The van der Waals surface area contributed by atoms with Gasteiger partial charge in [-0.15, -0.1) is 0 Å². The van der Waals surface area contributed by atoms with Crippen LogP contribution in [0.15, 0.2) is 73.1 Å². The topological polar surface area (TPSA) is 37.8 Å². The number of anilines is 1. The lowest BCUT2D eigenvalue weighted by Crippen LogP contribution is -2.08. The summed E-state index contributed by atoms with van der Waals surface area (Å²) < 4.78 is 0. The van der Waals surface area contributed by atoms with Crippen molar-refractivity contribution in [2.75, 3.05) is 5.32 Å². The lowest BCUT2D eigenvalue weighted by atomic mass is 10.1. The standard InChI is InChI=1S/C20H17N3/c1-14(15-7-3-2-4-8-15)23-20-18-11-16-9-5-6-10-17(16)12-19(18)21-13-22-20/h2-14H,1H3,(H,21,22,23). The summed E-state index contributed by atoms with van der Waals surface area (Å²) in [6, 6.07) is 23.2. The molecule has 3 nitrogen and oxygen atoms in total. The van der Waals surface area contributed by atoms with Crippen LogP contribution in [0.2, 0.25) is 0 Å². The van der Waals surface area contributed by atoms with Crippen molar-refractivity contribution in [3.05, 3.63) is 78.6 Å². The second-order valence-corrected chi connectivity index (χ2v) is 5.72. The van der Waals surface area contributed by atoms with Gasteiger partial charge in [0, 0.05) is 11.4 Å². The number of fused-ring (bicyclic) bond motifs is 2. The van der Waals surface area contributed by atoms with Crippen molar-refractivity contribution in [1.82, 2.24) is 9.97 Å². The highest BCUT2D eigenvalue weighted by Gasteiger charge is 2.09. The molecule has 0 spiro atoms. The van der Waals surface area contributed by atoms with Crippen LogP contribution in [0.4, 0.5) is 5.82 Å². The number of hydrogen-bond donors (Lipinski definition) is 1. The highest BCUT2D eigenvalue weighted by atomic mass is 15.0. The Morgan fingerprint density at radius 3 is 2.30 bits per heavy atom. The fourth-order valence-corrected chi connectivity index (χ4v) is 2.89. The Balaban J connectivity index is 1.79. The molecule has 3 aromatic carbocycles. The number of aromatic nitrogens is 2. The second-order valence-electron chi connectivity index (χ2n) is 5.72. The highest BCUT2D eigenvalue weighted by molar-refractivity contribution is 6.00. The van der Waals surface area contributed by atoms with Gasteiger partial charge in [-0.2, -0.15) is 0 Å². The fraction of sp³-hybridized carbons (Fsp3) is 0.100. The van der Waals surface area contributed by atoms with E-state index in [4.69, 9.17) is 0 Å². The van der Waals surface area contributed by atoms with E-state index in [0.29, 0.717) is 0 Å². The van der Waals surface area contributed by atoms with Crippen molar-refractivity contribution < 1.29 is 0 Å². The lowest BCUT2D eigenvalue weighted by Gasteiger charge is -2.16. The molecule has 1 unspecified atom stereocenters. The van der Waals surface area contributed by atoms with E-state index in [1.54, 1.807) is 6.33 Å². The van der Waals surface area contributed by atoms with E-state index in [0.717, 1.165) is 16.7 Å². The molecular formula is C20H17N3. The molecule has 0 saturated heterocycles. The van der Waals surface area contributed by atoms with Crippen molar-refractivity contribution in [2.24, 2.45) is 0 Å². The molecule has 4 rings (SSSR count). The molecule has 23 heavy (non-hydrogen) atoms. The predicted octanol–water partition coefficient (Wildman–Crippen LogP) is 4.96. The van der Waals surface area contributed by atoms with Gasteiger partial charge in [0.2, 0.25) is 0 Å². The quantitative estimate of drug-likeness (QED) is 0.543. The molecule has 1 heterocycles. The minimum Gasteiger partial charge on any atom is -0.363 e. The van der Waals surface area contributed by atoms with E-state index in [1.165, 1.54) is 16.3 Å². The summed E-state index contributed by atoms with van der Waals surface area (Å²) in [4.78, 5) is 8.88. The summed E-state index contributed by atoms with van der Waals surface area (Å²) in [6.07, 6.45) is 1.62. The van der Waals surface area contributed by atoms with Crippen molar-refractivity contribution in [2.45, 2.75) is 13.0 Å². The predicted molar refractivity (Wildman–Crippen MR) is 95.5 cm³/mol. The van der Waals surface area contributed by atoms with Crippen molar-refractivity contribution in [3.8, 4) is 0 Å². The third kappa shape index (κ3) is 2.61. The van der Waals surface area contributed by atoms with Crippen LogP contribution in [0, 0.1) is 0 Å². The first-order valence-electron chi connectivity index (χ1n) is 7.76. The van der Waals surface area contributed by atoms with Crippen LogP contribution in [0.3, 0.4) is 0 Å². The summed E-state index contributed by atoms with van der Waals surface area (Å²) in [6.45, 7) is 2.14. The molecule has 0 amide bonds. The molecule has 1 atom stereocenters. The first kappa shape index (κ1) is 13.7. The highest BCUT2D eigenvalue weighted by Crippen LogP contribution is 2.27. The Kier molecular flexibility index (Phi) is 3.39. The zero-order valence-electron chi connectivity index (χ0n) is 12.9. The number of hydrogen-bond acceptors (Lipinski definition) is 3. The van der Waals surface area contributed by atoms with E-state index in [9.17, 15) is 0 Å². The Morgan fingerprint density at radius 2 is 1.52 bits per heavy atom. The molecule has 0 aliphatic rings. The first-order chi connectivity index (χ1) is 11.3. The Bertz CT molecular complexity index is 964. The number of nitrogens with one attached hydrogen (secondary N) is 1. The van der Waals surface area contributed by atoms with Gasteiger partial charge in [0.25, 0.3) is 0 Å². The summed E-state index contributed by atoms with van der Waals surface area (Å²) in [5, 5.41) is 6.96.